The Hall–Kier alpha value is -0.380. The number of aliphatic hydroxyl groups is 1. The first-order chi connectivity index (χ1) is 6.61. The van der Waals surface area contributed by atoms with E-state index >= 15 is 0 Å². The summed E-state index contributed by atoms with van der Waals surface area (Å²) in [6, 6.07) is 0. The van der Waals surface area contributed by atoms with E-state index in [0.29, 0.717) is 13.2 Å². The third-order valence-corrected chi connectivity index (χ3v) is 4.18. The minimum atomic E-state index is -0.318. The van der Waals surface area contributed by atoms with Crippen LogP contribution in [-0.4, -0.2) is 24.4 Å². The number of rotatable bonds is 1. The maximum atomic E-state index is 9.78. The van der Waals surface area contributed by atoms with Crippen molar-refractivity contribution in [1.82, 2.24) is 0 Å². The van der Waals surface area contributed by atoms with Crippen molar-refractivity contribution in [3.63, 3.8) is 0 Å². The zero-order valence-electron chi connectivity index (χ0n) is 8.83. The number of aliphatic hydroxyl groups excluding tert-OH is 1. The van der Waals surface area contributed by atoms with Gasteiger partial charge in [-0.05, 0) is 31.9 Å². The van der Waals surface area contributed by atoms with E-state index in [2.05, 4.69) is 20.8 Å². The Kier molecular flexibility index (Phi) is 2.64. The molecule has 78 valence electrons. The first-order valence-corrected chi connectivity index (χ1v) is 5.75. The standard InChI is InChI=1S/C11H16O2S/c1-6-7(2)14-8(3)11(6)9-4-13-5-10(9)12/h9-10,12H,4-5H2,1-3H3/t9-,10-/m0/s1. The second-order valence-corrected chi connectivity index (χ2v) is 5.39. The molecule has 1 aliphatic heterocycles. The van der Waals surface area contributed by atoms with Gasteiger partial charge in [0.25, 0.3) is 0 Å². The van der Waals surface area contributed by atoms with Crippen LogP contribution >= 0.6 is 11.3 Å². The number of aryl methyl sites for hydroxylation is 2. The molecule has 0 aromatic carbocycles. The van der Waals surface area contributed by atoms with Gasteiger partial charge in [-0.2, -0.15) is 0 Å². The highest BCUT2D eigenvalue weighted by molar-refractivity contribution is 7.12. The smallest absolute Gasteiger partial charge is 0.0864 e. The Balaban J connectivity index is 2.39. The molecule has 2 atom stereocenters. The molecule has 14 heavy (non-hydrogen) atoms. The van der Waals surface area contributed by atoms with Crippen LogP contribution in [0.15, 0.2) is 0 Å². The van der Waals surface area contributed by atoms with Crippen LogP contribution in [0, 0.1) is 20.8 Å². The van der Waals surface area contributed by atoms with E-state index in [4.69, 9.17) is 4.74 Å². The maximum absolute atomic E-state index is 9.78. The summed E-state index contributed by atoms with van der Waals surface area (Å²) in [5, 5.41) is 9.78. The fraction of sp³-hybridized carbons (Fsp3) is 0.636. The van der Waals surface area contributed by atoms with Crippen LogP contribution in [0.5, 0.6) is 0 Å². The minimum Gasteiger partial charge on any atom is -0.390 e. The molecule has 1 fully saturated rings. The molecule has 0 spiro atoms. The molecule has 0 unspecified atom stereocenters. The van der Waals surface area contributed by atoms with Gasteiger partial charge in [0.05, 0.1) is 19.3 Å². The molecular weight excluding hydrogens is 196 g/mol. The summed E-state index contributed by atoms with van der Waals surface area (Å²) in [6.07, 6.45) is -0.318. The molecule has 1 aliphatic rings. The third-order valence-electron chi connectivity index (χ3n) is 3.04. The fourth-order valence-electron chi connectivity index (χ4n) is 2.17. The highest BCUT2D eigenvalue weighted by Crippen LogP contribution is 2.36. The third kappa shape index (κ3) is 1.49. The van der Waals surface area contributed by atoms with Crippen LogP contribution < -0.4 is 0 Å². The monoisotopic (exact) mass is 212 g/mol. The largest absolute Gasteiger partial charge is 0.390 e. The summed E-state index contributed by atoms with van der Waals surface area (Å²) in [4.78, 5) is 2.69. The summed E-state index contributed by atoms with van der Waals surface area (Å²) in [6.45, 7) is 7.56. The Morgan fingerprint density at radius 3 is 2.36 bits per heavy atom. The van der Waals surface area contributed by atoms with Gasteiger partial charge in [0, 0.05) is 15.7 Å². The van der Waals surface area contributed by atoms with Crippen LogP contribution in [0.3, 0.4) is 0 Å². The summed E-state index contributed by atoms with van der Waals surface area (Å²) >= 11 is 1.82. The average Bonchev–Trinajstić information content (AvgIpc) is 2.60. The van der Waals surface area contributed by atoms with E-state index in [-0.39, 0.29) is 12.0 Å². The van der Waals surface area contributed by atoms with Crippen molar-refractivity contribution in [3.05, 3.63) is 20.9 Å². The minimum absolute atomic E-state index is 0.194. The van der Waals surface area contributed by atoms with Gasteiger partial charge >= 0.3 is 0 Å². The van der Waals surface area contributed by atoms with Gasteiger partial charge in [-0.1, -0.05) is 0 Å². The predicted molar refractivity (Wildman–Crippen MR) is 58.1 cm³/mol. The van der Waals surface area contributed by atoms with E-state index in [9.17, 15) is 5.11 Å². The first-order valence-electron chi connectivity index (χ1n) is 4.93. The summed E-state index contributed by atoms with van der Waals surface area (Å²) in [5.41, 5.74) is 2.65. The molecule has 0 amide bonds. The fourth-order valence-corrected chi connectivity index (χ4v) is 3.31. The lowest BCUT2D eigenvalue weighted by Crippen LogP contribution is -2.16. The summed E-state index contributed by atoms with van der Waals surface area (Å²) in [7, 11) is 0. The van der Waals surface area contributed by atoms with Gasteiger partial charge in [-0.25, -0.2) is 0 Å². The molecule has 1 N–H and O–H groups in total. The van der Waals surface area contributed by atoms with Crippen LogP contribution in [0.1, 0.15) is 26.8 Å². The summed E-state index contributed by atoms with van der Waals surface area (Å²) < 4.78 is 5.30. The molecule has 2 nitrogen and oxygen atoms in total. The highest BCUT2D eigenvalue weighted by Gasteiger charge is 2.31. The van der Waals surface area contributed by atoms with E-state index < -0.39 is 0 Å². The highest BCUT2D eigenvalue weighted by atomic mass is 32.1. The molecule has 1 aromatic rings. The van der Waals surface area contributed by atoms with Gasteiger partial charge < -0.3 is 9.84 Å². The van der Waals surface area contributed by atoms with Crippen molar-refractivity contribution in [2.45, 2.75) is 32.8 Å². The lowest BCUT2D eigenvalue weighted by molar-refractivity contribution is 0.124. The second kappa shape index (κ2) is 3.65. The Bertz CT molecular complexity index is 343. The second-order valence-electron chi connectivity index (χ2n) is 3.96. The normalized spacial score (nSPS) is 27.1. The van der Waals surface area contributed by atoms with Crippen LogP contribution in [0.25, 0.3) is 0 Å². The molecule has 0 saturated carbocycles. The lowest BCUT2D eigenvalue weighted by Gasteiger charge is -2.13. The number of ether oxygens (including phenoxy) is 1. The van der Waals surface area contributed by atoms with Crippen LogP contribution in [-0.2, 0) is 4.74 Å². The lowest BCUT2D eigenvalue weighted by atomic mass is 9.93. The molecule has 0 bridgehead atoms. The van der Waals surface area contributed by atoms with E-state index in [1.54, 1.807) is 0 Å². The number of hydrogen-bond donors (Lipinski definition) is 1. The van der Waals surface area contributed by atoms with Crippen LogP contribution in [0.4, 0.5) is 0 Å². The SMILES string of the molecule is Cc1sc(C)c([C@H]2COC[C@@H]2O)c1C. The molecule has 1 saturated heterocycles. The molecule has 2 rings (SSSR count). The summed E-state index contributed by atoms with van der Waals surface area (Å²) in [5.74, 6) is 0.194. The maximum Gasteiger partial charge on any atom is 0.0864 e. The number of thiophene rings is 1. The van der Waals surface area contributed by atoms with Crippen molar-refractivity contribution in [1.29, 1.82) is 0 Å². The first kappa shape index (κ1) is 10.1. The Morgan fingerprint density at radius 1 is 1.21 bits per heavy atom. The zero-order chi connectivity index (χ0) is 10.3. The van der Waals surface area contributed by atoms with E-state index in [1.165, 1.54) is 20.9 Å². The van der Waals surface area contributed by atoms with Crippen molar-refractivity contribution >= 4 is 11.3 Å². The quantitative estimate of drug-likeness (QED) is 0.773. The molecule has 2 heterocycles. The van der Waals surface area contributed by atoms with Gasteiger partial charge in [0.1, 0.15) is 0 Å². The Morgan fingerprint density at radius 2 is 1.93 bits per heavy atom. The molecule has 3 heteroatoms. The van der Waals surface area contributed by atoms with E-state index in [1.807, 2.05) is 11.3 Å². The van der Waals surface area contributed by atoms with E-state index in [0.717, 1.165) is 0 Å². The van der Waals surface area contributed by atoms with Crippen LogP contribution in [0.2, 0.25) is 0 Å². The topological polar surface area (TPSA) is 29.5 Å². The zero-order valence-corrected chi connectivity index (χ0v) is 9.65. The molecular formula is C11H16O2S. The van der Waals surface area contributed by atoms with Gasteiger partial charge in [-0.3, -0.25) is 0 Å². The molecule has 1 aromatic heterocycles. The van der Waals surface area contributed by atoms with Crippen molar-refractivity contribution in [3.8, 4) is 0 Å². The Labute approximate surface area is 88.5 Å². The van der Waals surface area contributed by atoms with Gasteiger partial charge in [0.15, 0.2) is 0 Å². The molecule has 0 radical (unpaired) electrons. The average molecular weight is 212 g/mol. The van der Waals surface area contributed by atoms with Gasteiger partial charge in [0.2, 0.25) is 0 Å². The molecule has 0 aliphatic carbocycles. The van der Waals surface area contributed by atoms with Crippen molar-refractivity contribution < 1.29 is 9.84 Å². The predicted octanol–water partition coefficient (Wildman–Crippen LogP) is 2.15. The van der Waals surface area contributed by atoms with Gasteiger partial charge in [-0.15, -0.1) is 11.3 Å². The number of hydrogen-bond acceptors (Lipinski definition) is 3. The van der Waals surface area contributed by atoms with Crippen molar-refractivity contribution in [2.75, 3.05) is 13.2 Å². The van der Waals surface area contributed by atoms with Crippen molar-refractivity contribution in [2.24, 2.45) is 0 Å².